The first kappa shape index (κ1) is 27.7. The molecule has 0 aliphatic heterocycles. The normalized spacial score (nSPS) is 17.0. The van der Waals surface area contributed by atoms with E-state index < -0.39 is 66.7 Å². The average Bonchev–Trinajstić information content (AvgIpc) is 2.67. The number of aliphatic hydroxyl groups excluding tert-OH is 3. The third kappa shape index (κ3) is 9.45. The number of nitrogens with two attached hydrogens (primary N) is 2. The van der Waals surface area contributed by atoms with Crippen LogP contribution in [-0.4, -0.2) is 93.6 Å². The molecule has 0 aromatic heterocycles. The molecule has 0 bridgehead atoms. The summed E-state index contributed by atoms with van der Waals surface area (Å²) in [7, 11) is 0. The summed E-state index contributed by atoms with van der Waals surface area (Å²) in [6, 6.07) is -5.68. The lowest BCUT2D eigenvalue weighted by atomic mass is 10.1. The largest absolute Gasteiger partial charge is 0.480 e. The van der Waals surface area contributed by atoms with Gasteiger partial charge in [0.05, 0.1) is 18.8 Å². The van der Waals surface area contributed by atoms with Gasteiger partial charge in [-0.3, -0.25) is 14.4 Å². The van der Waals surface area contributed by atoms with E-state index in [9.17, 15) is 34.5 Å². The number of hydrogen-bond acceptors (Lipinski definition) is 9. The van der Waals surface area contributed by atoms with Gasteiger partial charge in [0.25, 0.3) is 0 Å². The number of aliphatic carboxylic acids is 1. The van der Waals surface area contributed by atoms with Gasteiger partial charge < -0.3 is 47.8 Å². The van der Waals surface area contributed by atoms with E-state index in [-0.39, 0.29) is 6.42 Å². The Balaban J connectivity index is 5.25. The first-order chi connectivity index (χ1) is 14.0. The Morgan fingerprint density at radius 1 is 0.867 bits per heavy atom. The van der Waals surface area contributed by atoms with Crippen molar-refractivity contribution in [2.24, 2.45) is 11.5 Å². The monoisotopic (exact) mass is 435 g/mol. The van der Waals surface area contributed by atoms with Gasteiger partial charge >= 0.3 is 5.97 Å². The summed E-state index contributed by atoms with van der Waals surface area (Å²) in [6.07, 6.45) is -1.72. The molecule has 0 saturated heterocycles. The summed E-state index contributed by atoms with van der Waals surface area (Å²) in [4.78, 5) is 48.1. The Morgan fingerprint density at radius 2 is 1.33 bits per heavy atom. The van der Waals surface area contributed by atoms with Gasteiger partial charge in [-0.05, 0) is 39.7 Å². The number of carbonyl (C=O) groups is 4. The number of carboxylic acid groups (broad SMARTS) is 1. The van der Waals surface area contributed by atoms with E-state index in [1.165, 1.54) is 13.8 Å². The number of rotatable bonds is 14. The molecule has 0 rings (SSSR count). The topological polar surface area (TPSA) is 237 Å². The number of hydrogen-bond donors (Lipinski definition) is 9. The van der Waals surface area contributed by atoms with Crippen LogP contribution in [0.25, 0.3) is 0 Å². The van der Waals surface area contributed by atoms with Gasteiger partial charge in [0.1, 0.15) is 24.2 Å². The van der Waals surface area contributed by atoms with Gasteiger partial charge in [-0.25, -0.2) is 4.79 Å². The van der Waals surface area contributed by atoms with Crippen LogP contribution in [0.4, 0.5) is 0 Å². The zero-order valence-electron chi connectivity index (χ0n) is 17.1. The molecule has 11 N–H and O–H groups in total. The van der Waals surface area contributed by atoms with E-state index in [1.807, 2.05) is 0 Å². The van der Waals surface area contributed by atoms with E-state index >= 15 is 0 Å². The SMILES string of the molecule is CC(O)C(NC(=O)C(N)CO)C(=O)NC(C(=O)NC(CCCCN)C(=O)O)C(C)O. The average molecular weight is 435 g/mol. The Kier molecular flexibility index (Phi) is 12.8. The van der Waals surface area contributed by atoms with E-state index in [2.05, 4.69) is 16.0 Å². The van der Waals surface area contributed by atoms with Crippen LogP contribution in [0, 0.1) is 0 Å². The standard InChI is InChI=1S/C17H33N5O8/c1-8(24)12(15(27)20-11(17(29)30)5-3-4-6-18)22-16(28)13(9(2)25)21-14(26)10(19)7-23/h8-13,23-25H,3-7,18-19H2,1-2H3,(H,20,27)(H,21,26)(H,22,28)(H,29,30). The van der Waals surface area contributed by atoms with Crippen molar-refractivity contribution < 1.29 is 39.6 Å². The first-order valence-corrected chi connectivity index (χ1v) is 9.52. The van der Waals surface area contributed by atoms with E-state index in [0.29, 0.717) is 19.4 Å². The van der Waals surface area contributed by atoms with Crippen LogP contribution in [-0.2, 0) is 19.2 Å². The van der Waals surface area contributed by atoms with Crippen LogP contribution in [0.1, 0.15) is 33.1 Å². The van der Waals surface area contributed by atoms with Gasteiger partial charge in [0.2, 0.25) is 17.7 Å². The summed E-state index contributed by atoms with van der Waals surface area (Å²) < 4.78 is 0. The predicted molar refractivity (Wildman–Crippen MR) is 105 cm³/mol. The molecule has 0 spiro atoms. The van der Waals surface area contributed by atoms with Crippen molar-refractivity contribution in [3.8, 4) is 0 Å². The Hall–Kier alpha value is -2.32. The minimum atomic E-state index is -1.56. The molecule has 30 heavy (non-hydrogen) atoms. The molecule has 6 atom stereocenters. The number of carbonyl (C=O) groups excluding carboxylic acids is 3. The first-order valence-electron chi connectivity index (χ1n) is 9.52. The molecule has 13 nitrogen and oxygen atoms in total. The highest BCUT2D eigenvalue weighted by atomic mass is 16.4. The lowest BCUT2D eigenvalue weighted by Crippen LogP contribution is -2.62. The molecule has 0 radical (unpaired) electrons. The van der Waals surface area contributed by atoms with Crippen molar-refractivity contribution >= 4 is 23.7 Å². The predicted octanol–water partition coefficient (Wildman–Crippen LogP) is -4.26. The van der Waals surface area contributed by atoms with Gasteiger partial charge in [-0.2, -0.15) is 0 Å². The fourth-order valence-corrected chi connectivity index (χ4v) is 2.41. The van der Waals surface area contributed by atoms with Crippen molar-refractivity contribution in [3.05, 3.63) is 0 Å². The Bertz CT molecular complexity index is 586. The van der Waals surface area contributed by atoms with Gasteiger partial charge in [-0.15, -0.1) is 0 Å². The minimum Gasteiger partial charge on any atom is -0.480 e. The molecular formula is C17H33N5O8. The highest BCUT2D eigenvalue weighted by Crippen LogP contribution is 2.04. The highest BCUT2D eigenvalue weighted by molar-refractivity contribution is 5.94. The number of nitrogens with one attached hydrogen (secondary N) is 3. The summed E-state index contributed by atoms with van der Waals surface area (Å²) in [6.45, 7) is 2.06. The van der Waals surface area contributed by atoms with E-state index in [0.717, 1.165) is 0 Å². The fraction of sp³-hybridized carbons (Fsp3) is 0.765. The highest BCUT2D eigenvalue weighted by Gasteiger charge is 2.34. The van der Waals surface area contributed by atoms with Crippen molar-refractivity contribution in [1.82, 2.24) is 16.0 Å². The maximum atomic E-state index is 12.5. The minimum absolute atomic E-state index is 0.101. The second-order valence-electron chi connectivity index (χ2n) is 6.93. The van der Waals surface area contributed by atoms with Crippen molar-refractivity contribution in [1.29, 1.82) is 0 Å². The molecule has 13 heteroatoms. The maximum absolute atomic E-state index is 12.5. The Morgan fingerprint density at radius 3 is 1.73 bits per heavy atom. The quantitative estimate of drug-likeness (QED) is 0.119. The van der Waals surface area contributed by atoms with Crippen molar-refractivity contribution in [3.63, 3.8) is 0 Å². The molecule has 174 valence electrons. The third-order valence-electron chi connectivity index (χ3n) is 4.22. The third-order valence-corrected chi connectivity index (χ3v) is 4.22. The second-order valence-corrected chi connectivity index (χ2v) is 6.93. The molecule has 0 aliphatic carbocycles. The molecule has 6 unspecified atom stereocenters. The van der Waals surface area contributed by atoms with Crippen molar-refractivity contribution in [2.75, 3.05) is 13.2 Å². The van der Waals surface area contributed by atoms with Gasteiger partial charge in [-0.1, -0.05) is 0 Å². The fourth-order valence-electron chi connectivity index (χ4n) is 2.41. The number of unbranched alkanes of at least 4 members (excludes halogenated alkanes) is 1. The zero-order valence-corrected chi connectivity index (χ0v) is 17.1. The maximum Gasteiger partial charge on any atom is 0.326 e. The smallest absolute Gasteiger partial charge is 0.326 e. The lowest BCUT2D eigenvalue weighted by Gasteiger charge is -2.27. The molecule has 0 aromatic rings. The number of aliphatic hydroxyl groups is 3. The lowest BCUT2D eigenvalue weighted by molar-refractivity contribution is -0.143. The van der Waals surface area contributed by atoms with Gasteiger partial charge in [0.15, 0.2) is 0 Å². The van der Waals surface area contributed by atoms with Crippen LogP contribution >= 0.6 is 0 Å². The molecule has 0 saturated carbocycles. The molecule has 3 amide bonds. The molecule has 0 fully saturated rings. The summed E-state index contributed by atoms with van der Waals surface area (Å²) in [5.74, 6) is -4.17. The molecule has 0 aromatic carbocycles. The van der Waals surface area contributed by atoms with E-state index in [4.69, 9.17) is 16.6 Å². The van der Waals surface area contributed by atoms with Crippen LogP contribution in [0.15, 0.2) is 0 Å². The number of amides is 3. The van der Waals surface area contributed by atoms with Crippen molar-refractivity contribution in [2.45, 2.75) is 69.5 Å². The summed E-state index contributed by atoms with van der Waals surface area (Å²) >= 11 is 0. The van der Waals surface area contributed by atoms with Crippen LogP contribution < -0.4 is 27.4 Å². The summed E-state index contributed by atoms with van der Waals surface area (Å²) in [5.41, 5.74) is 10.7. The molecule has 0 heterocycles. The van der Waals surface area contributed by atoms with Gasteiger partial charge in [0, 0.05) is 0 Å². The molecule has 0 aliphatic rings. The van der Waals surface area contributed by atoms with Crippen LogP contribution in [0.5, 0.6) is 0 Å². The van der Waals surface area contributed by atoms with Crippen LogP contribution in [0.3, 0.4) is 0 Å². The molecular weight excluding hydrogens is 402 g/mol. The van der Waals surface area contributed by atoms with E-state index in [1.54, 1.807) is 0 Å². The second kappa shape index (κ2) is 13.8. The Labute approximate surface area is 174 Å². The zero-order chi connectivity index (χ0) is 23.4. The summed E-state index contributed by atoms with van der Waals surface area (Å²) in [5, 5.41) is 44.4. The number of carboxylic acids is 1. The van der Waals surface area contributed by atoms with Crippen LogP contribution in [0.2, 0.25) is 0 Å².